The van der Waals surface area contributed by atoms with E-state index in [4.69, 9.17) is 44.2 Å². The zero-order valence-electron chi connectivity index (χ0n) is 19.7. The third-order valence-corrected chi connectivity index (χ3v) is 3.86. The molecule has 0 N–H and O–H groups in total. The number of hydrogen-bond acceptors (Lipinski definition) is 11. The molecular formula is C19H36N6O9. The van der Waals surface area contributed by atoms with Crippen LogP contribution in [0.15, 0.2) is 10.2 Å². The highest BCUT2D eigenvalue weighted by Gasteiger charge is 2.26. The first kappa shape index (κ1) is 31.8. The Kier molecular flexibility index (Phi) is 23.8. The number of carbonyl (C=O) groups excluding carboxylic acids is 1. The lowest BCUT2D eigenvalue weighted by molar-refractivity contribution is -0.148. The molecule has 0 radical (unpaired) electrons. The minimum absolute atomic E-state index is 0.148. The highest BCUT2D eigenvalue weighted by Crippen LogP contribution is 2.18. The fraction of sp³-hybridized carbons (Fsp3) is 0.947. The topological polar surface area (TPSA) is 188 Å². The molecule has 0 rings (SSSR count). The highest BCUT2D eigenvalue weighted by molar-refractivity contribution is 5.36. The number of carbonyl (C=O) groups is 1. The monoisotopic (exact) mass is 492 g/mol. The van der Waals surface area contributed by atoms with Gasteiger partial charge >= 0.3 is 0 Å². The maximum absolute atomic E-state index is 10.3. The summed E-state index contributed by atoms with van der Waals surface area (Å²) in [5.74, 6) is 0. The van der Waals surface area contributed by atoms with Crippen LogP contribution in [-0.4, -0.2) is 112 Å². The molecule has 0 heterocycles. The van der Waals surface area contributed by atoms with Crippen molar-refractivity contribution >= 4 is 6.47 Å². The summed E-state index contributed by atoms with van der Waals surface area (Å²) in [6.07, 6.45) is 0. The largest absolute Gasteiger partial charge is 0.441 e. The molecule has 0 aliphatic rings. The molecule has 0 amide bonds. The van der Waals surface area contributed by atoms with Crippen molar-refractivity contribution in [1.29, 1.82) is 0 Å². The van der Waals surface area contributed by atoms with Crippen LogP contribution in [0.2, 0.25) is 0 Å². The summed E-state index contributed by atoms with van der Waals surface area (Å²) in [6.45, 7) is 7.52. The molecule has 0 fully saturated rings. The average molecular weight is 493 g/mol. The van der Waals surface area contributed by atoms with Gasteiger partial charge in [0.05, 0.1) is 85.9 Å². The van der Waals surface area contributed by atoms with E-state index >= 15 is 0 Å². The fourth-order valence-corrected chi connectivity index (χ4v) is 2.31. The Hall–Kier alpha value is -2.19. The Labute approximate surface area is 199 Å². The number of ether oxygens (including phenoxy) is 8. The second-order valence-corrected chi connectivity index (χ2v) is 7.00. The minimum atomic E-state index is -0.471. The maximum Gasteiger partial charge on any atom is 0.295 e. The summed E-state index contributed by atoms with van der Waals surface area (Å²) in [6, 6.07) is 0. The molecule has 0 aromatic heterocycles. The van der Waals surface area contributed by atoms with Crippen molar-refractivity contribution in [2.75, 3.05) is 106 Å². The predicted octanol–water partition coefficient (Wildman–Crippen LogP) is 1.86. The first-order valence-corrected chi connectivity index (χ1v) is 10.8. The van der Waals surface area contributed by atoms with Crippen LogP contribution in [0.4, 0.5) is 0 Å². The van der Waals surface area contributed by atoms with E-state index in [1.807, 2.05) is 6.92 Å². The van der Waals surface area contributed by atoms with Crippen molar-refractivity contribution in [2.24, 2.45) is 15.6 Å². The van der Waals surface area contributed by atoms with E-state index in [1.165, 1.54) is 0 Å². The lowest BCUT2D eigenvalue weighted by atomic mass is 9.94. The minimum Gasteiger partial charge on any atom is -0.441 e. The molecule has 0 saturated heterocycles. The van der Waals surface area contributed by atoms with E-state index in [-0.39, 0.29) is 13.4 Å². The summed E-state index contributed by atoms with van der Waals surface area (Å²) in [5.41, 5.74) is 15.8. The van der Waals surface area contributed by atoms with E-state index in [0.717, 1.165) is 0 Å². The average Bonchev–Trinajstić information content (AvgIpc) is 2.84. The Bertz CT molecular complexity index is 536. The lowest BCUT2D eigenvalue weighted by Gasteiger charge is -2.28. The van der Waals surface area contributed by atoms with Crippen molar-refractivity contribution < 1.29 is 42.7 Å². The number of azide groups is 2. The molecule has 0 unspecified atom stereocenters. The Balaban J connectivity index is 3.92. The molecule has 0 saturated carbocycles. The standard InChI is InChI=1S/C19H36N6O9/c1-19(16-33-18-34-17-26,14-31-12-10-29-8-6-27-4-2-22-24-20)15-32-13-11-30-9-7-28-5-3-23-25-21/h17H,2-16,18H2,1H3. The van der Waals surface area contributed by atoms with Gasteiger partial charge in [-0.1, -0.05) is 17.2 Å². The van der Waals surface area contributed by atoms with Gasteiger partial charge in [-0.25, -0.2) is 0 Å². The molecule has 0 spiro atoms. The molecule has 0 aromatic rings. The van der Waals surface area contributed by atoms with Gasteiger partial charge in [0.1, 0.15) is 0 Å². The Morgan fingerprint density at radius 3 is 1.44 bits per heavy atom. The second-order valence-electron chi connectivity index (χ2n) is 7.00. The zero-order chi connectivity index (χ0) is 25.0. The first-order chi connectivity index (χ1) is 16.7. The molecule has 0 aliphatic carbocycles. The van der Waals surface area contributed by atoms with Gasteiger partial charge in [-0.3, -0.25) is 4.79 Å². The van der Waals surface area contributed by atoms with Crippen LogP contribution in [0.25, 0.3) is 20.9 Å². The van der Waals surface area contributed by atoms with Crippen LogP contribution in [0.3, 0.4) is 0 Å². The van der Waals surface area contributed by atoms with Crippen molar-refractivity contribution in [1.82, 2.24) is 0 Å². The Morgan fingerprint density at radius 1 is 0.647 bits per heavy atom. The number of rotatable bonds is 27. The van der Waals surface area contributed by atoms with Crippen molar-refractivity contribution in [3.8, 4) is 0 Å². The van der Waals surface area contributed by atoms with E-state index in [2.05, 4.69) is 24.8 Å². The van der Waals surface area contributed by atoms with Crippen molar-refractivity contribution in [3.63, 3.8) is 0 Å². The fourth-order valence-electron chi connectivity index (χ4n) is 2.31. The van der Waals surface area contributed by atoms with Crippen molar-refractivity contribution in [3.05, 3.63) is 20.9 Å². The van der Waals surface area contributed by atoms with Gasteiger partial charge in [0.15, 0.2) is 6.79 Å². The number of nitrogens with zero attached hydrogens (tertiary/aromatic N) is 6. The van der Waals surface area contributed by atoms with Crippen LogP contribution < -0.4 is 0 Å². The summed E-state index contributed by atoms with van der Waals surface area (Å²) in [7, 11) is 0. The normalized spacial score (nSPS) is 12.4. The van der Waals surface area contributed by atoms with Crippen LogP contribution in [0.1, 0.15) is 6.92 Å². The van der Waals surface area contributed by atoms with Gasteiger partial charge in [0.2, 0.25) is 0 Å². The highest BCUT2D eigenvalue weighted by atomic mass is 16.7. The molecule has 15 heteroatoms. The molecule has 34 heavy (non-hydrogen) atoms. The van der Waals surface area contributed by atoms with Gasteiger partial charge in [0, 0.05) is 28.3 Å². The van der Waals surface area contributed by atoms with Crippen LogP contribution in [-0.2, 0) is 42.7 Å². The maximum atomic E-state index is 10.3. The molecule has 0 atom stereocenters. The summed E-state index contributed by atoms with van der Waals surface area (Å²) < 4.78 is 42.6. The van der Waals surface area contributed by atoms with Gasteiger partial charge < -0.3 is 37.9 Å². The van der Waals surface area contributed by atoms with Crippen LogP contribution in [0, 0.1) is 5.41 Å². The van der Waals surface area contributed by atoms with Gasteiger partial charge in [-0.15, -0.1) is 0 Å². The van der Waals surface area contributed by atoms with Crippen LogP contribution in [0.5, 0.6) is 0 Å². The first-order valence-electron chi connectivity index (χ1n) is 10.8. The molecule has 0 aromatic carbocycles. The summed E-state index contributed by atoms with van der Waals surface area (Å²) in [4.78, 5) is 15.5. The molecule has 196 valence electrons. The van der Waals surface area contributed by atoms with Gasteiger partial charge in [0.25, 0.3) is 6.47 Å². The van der Waals surface area contributed by atoms with E-state index < -0.39 is 5.41 Å². The molecule has 15 nitrogen and oxygen atoms in total. The Morgan fingerprint density at radius 2 is 1.03 bits per heavy atom. The third-order valence-electron chi connectivity index (χ3n) is 3.86. The predicted molar refractivity (Wildman–Crippen MR) is 119 cm³/mol. The van der Waals surface area contributed by atoms with Crippen molar-refractivity contribution in [2.45, 2.75) is 6.92 Å². The molecular weight excluding hydrogens is 456 g/mol. The second kappa shape index (κ2) is 25.4. The quantitative estimate of drug-likeness (QED) is 0.0411. The summed E-state index contributed by atoms with van der Waals surface area (Å²) in [5, 5.41) is 6.73. The SMILES string of the molecule is CC(COCCOCCOCCN=[N+]=[N-])(COCCOCCOCCN=[N+]=[N-])COCOC=O. The van der Waals surface area contributed by atoms with Gasteiger partial charge in [-0.2, -0.15) is 0 Å². The van der Waals surface area contributed by atoms with E-state index in [9.17, 15) is 4.79 Å². The summed E-state index contributed by atoms with van der Waals surface area (Å²) >= 11 is 0. The third kappa shape index (κ3) is 23.0. The lowest BCUT2D eigenvalue weighted by Crippen LogP contribution is -2.35. The van der Waals surface area contributed by atoms with Gasteiger partial charge in [-0.05, 0) is 11.1 Å². The smallest absolute Gasteiger partial charge is 0.295 e. The molecule has 0 aliphatic heterocycles. The van der Waals surface area contributed by atoms with E-state index in [1.54, 1.807) is 0 Å². The number of hydrogen-bond donors (Lipinski definition) is 0. The van der Waals surface area contributed by atoms with E-state index in [0.29, 0.717) is 98.8 Å². The molecule has 0 bridgehead atoms. The zero-order valence-corrected chi connectivity index (χ0v) is 19.7. The van der Waals surface area contributed by atoms with Crippen LogP contribution >= 0.6 is 0 Å².